The number of nitrogens with zero attached hydrogens (tertiary/aromatic N) is 1. The first-order chi connectivity index (χ1) is 14.1. The number of carbonyl (C=O) groups excluding carboxylic acids is 2. The van der Waals surface area contributed by atoms with Crippen molar-refractivity contribution >= 4 is 28.5 Å². The van der Waals surface area contributed by atoms with Gasteiger partial charge in [0.15, 0.2) is 0 Å². The Morgan fingerprint density at radius 2 is 1.93 bits per heavy atom. The summed E-state index contributed by atoms with van der Waals surface area (Å²) in [6, 6.07) is 12.1. The summed E-state index contributed by atoms with van der Waals surface area (Å²) in [6.45, 7) is 3.17. The Bertz CT molecular complexity index is 1150. The van der Waals surface area contributed by atoms with Gasteiger partial charge in [0.2, 0.25) is 5.43 Å². The Hall–Kier alpha value is -3.41. The minimum Gasteiger partial charge on any atom is -0.462 e. The van der Waals surface area contributed by atoms with Crippen molar-refractivity contribution in [3.05, 3.63) is 75.6 Å². The molecule has 2 heterocycles. The van der Waals surface area contributed by atoms with E-state index in [1.165, 1.54) is 0 Å². The molecule has 0 bridgehead atoms. The third-order valence-electron chi connectivity index (χ3n) is 5.16. The first-order valence-corrected chi connectivity index (χ1v) is 9.82. The molecule has 6 nitrogen and oxygen atoms in total. The van der Waals surface area contributed by atoms with Gasteiger partial charge in [-0.3, -0.25) is 9.59 Å². The van der Waals surface area contributed by atoms with Crippen LogP contribution in [0.25, 0.3) is 10.9 Å². The van der Waals surface area contributed by atoms with Crippen LogP contribution in [0, 0.1) is 0 Å². The van der Waals surface area contributed by atoms with E-state index < -0.39 is 5.91 Å². The maximum Gasteiger partial charge on any atom is 0.338 e. The van der Waals surface area contributed by atoms with Crippen LogP contribution in [0.4, 0.5) is 5.69 Å². The lowest BCUT2D eigenvalue weighted by atomic mass is 10.1. The SMILES string of the molecule is CCCCOC(=O)c1ccc(NC(=O)c2cn3c4c(cccc4c2=O)CC3)cc1. The van der Waals surface area contributed by atoms with Gasteiger partial charge in [0.25, 0.3) is 5.91 Å². The number of pyridine rings is 1. The number of anilines is 1. The molecule has 0 spiro atoms. The summed E-state index contributed by atoms with van der Waals surface area (Å²) < 4.78 is 7.14. The van der Waals surface area contributed by atoms with E-state index in [0.29, 0.717) is 23.2 Å². The first-order valence-electron chi connectivity index (χ1n) is 9.82. The van der Waals surface area contributed by atoms with E-state index in [2.05, 4.69) is 5.32 Å². The second-order valence-corrected chi connectivity index (χ2v) is 7.15. The predicted molar refractivity (Wildman–Crippen MR) is 111 cm³/mol. The molecule has 4 rings (SSSR count). The molecule has 29 heavy (non-hydrogen) atoms. The van der Waals surface area contributed by atoms with Crippen LogP contribution in [0.2, 0.25) is 0 Å². The molecule has 0 unspecified atom stereocenters. The van der Waals surface area contributed by atoms with Crippen molar-refractivity contribution in [3.8, 4) is 0 Å². The van der Waals surface area contributed by atoms with E-state index in [1.54, 1.807) is 36.5 Å². The maximum absolute atomic E-state index is 12.8. The van der Waals surface area contributed by atoms with E-state index in [0.717, 1.165) is 36.9 Å². The first kappa shape index (κ1) is 18.9. The van der Waals surface area contributed by atoms with Crippen LogP contribution in [0.5, 0.6) is 0 Å². The normalized spacial score (nSPS) is 12.2. The summed E-state index contributed by atoms with van der Waals surface area (Å²) in [4.78, 5) is 37.5. The number of aromatic nitrogens is 1. The lowest BCUT2D eigenvalue weighted by molar-refractivity contribution is 0.0499. The minimum atomic E-state index is -0.462. The maximum atomic E-state index is 12.8. The minimum absolute atomic E-state index is 0.111. The van der Waals surface area contributed by atoms with Crippen LogP contribution in [0.1, 0.15) is 46.0 Å². The number of esters is 1. The van der Waals surface area contributed by atoms with Gasteiger partial charge >= 0.3 is 5.97 Å². The molecule has 0 saturated carbocycles. The fraction of sp³-hybridized carbons (Fsp3) is 0.261. The van der Waals surface area contributed by atoms with Crippen molar-refractivity contribution in [3.63, 3.8) is 0 Å². The number of para-hydroxylation sites is 1. The number of aryl methyl sites for hydroxylation is 2. The lowest BCUT2D eigenvalue weighted by Gasteiger charge is -2.10. The number of hydrogen-bond donors (Lipinski definition) is 1. The van der Waals surface area contributed by atoms with Crippen molar-refractivity contribution < 1.29 is 14.3 Å². The van der Waals surface area contributed by atoms with Crippen molar-refractivity contribution in [2.45, 2.75) is 32.7 Å². The fourth-order valence-electron chi connectivity index (χ4n) is 3.60. The zero-order chi connectivity index (χ0) is 20.4. The Labute approximate surface area is 168 Å². The fourth-order valence-corrected chi connectivity index (χ4v) is 3.60. The van der Waals surface area contributed by atoms with Gasteiger partial charge in [-0.05, 0) is 48.7 Å². The van der Waals surface area contributed by atoms with Gasteiger partial charge in [0.1, 0.15) is 5.56 Å². The van der Waals surface area contributed by atoms with Crippen molar-refractivity contribution in [2.24, 2.45) is 0 Å². The molecular formula is C23H22N2O4. The molecule has 1 amide bonds. The molecule has 6 heteroatoms. The molecule has 0 saturated heterocycles. The quantitative estimate of drug-likeness (QED) is 0.513. The van der Waals surface area contributed by atoms with E-state index in [4.69, 9.17) is 4.74 Å². The molecule has 3 aromatic rings. The Morgan fingerprint density at radius 1 is 1.14 bits per heavy atom. The van der Waals surface area contributed by atoms with E-state index in [9.17, 15) is 14.4 Å². The third kappa shape index (κ3) is 3.66. The number of hydrogen-bond acceptors (Lipinski definition) is 4. The van der Waals surface area contributed by atoms with Crippen molar-refractivity contribution in [2.75, 3.05) is 11.9 Å². The van der Waals surface area contributed by atoms with Gasteiger partial charge in [-0.15, -0.1) is 0 Å². The van der Waals surface area contributed by atoms with Crippen LogP contribution >= 0.6 is 0 Å². The average Bonchev–Trinajstić information content (AvgIpc) is 3.15. The largest absolute Gasteiger partial charge is 0.462 e. The summed E-state index contributed by atoms with van der Waals surface area (Å²) >= 11 is 0. The number of benzene rings is 2. The summed E-state index contributed by atoms with van der Waals surface area (Å²) in [5.74, 6) is -0.848. The molecule has 1 aromatic heterocycles. The van der Waals surface area contributed by atoms with Crippen molar-refractivity contribution in [1.82, 2.24) is 4.57 Å². The number of rotatable bonds is 6. The number of amides is 1. The summed E-state index contributed by atoms with van der Waals surface area (Å²) in [6.07, 6.45) is 4.27. The Balaban J connectivity index is 1.53. The molecule has 0 aliphatic carbocycles. The standard InChI is InChI=1S/C23H22N2O4/c1-2-3-13-29-23(28)16-7-9-17(10-8-16)24-22(27)19-14-25-12-11-15-5-4-6-18(20(15)25)21(19)26/h4-10,14H,2-3,11-13H2,1H3,(H,24,27). The molecule has 1 aliphatic heterocycles. The van der Waals surface area contributed by atoms with Gasteiger partial charge in [0, 0.05) is 23.8 Å². The topological polar surface area (TPSA) is 77.4 Å². The van der Waals surface area contributed by atoms with Crippen LogP contribution in [0.15, 0.2) is 53.5 Å². The highest BCUT2D eigenvalue weighted by Crippen LogP contribution is 2.24. The van der Waals surface area contributed by atoms with Gasteiger partial charge < -0.3 is 14.6 Å². The Morgan fingerprint density at radius 3 is 2.69 bits per heavy atom. The highest BCUT2D eigenvalue weighted by molar-refractivity contribution is 6.06. The lowest BCUT2D eigenvalue weighted by Crippen LogP contribution is -2.23. The highest BCUT2D eigenvalue weighted by Gasteiger charge is 2.20. The summed E-state index contributed by atoms with van der Waals surface area (Å²) in [7, 11) is 0. The number of nitrogens with one attached hydrogen (secondary N) is 1. The zero-order valence-corrected chi connectivity index (χ0v) is 16.2. The zero-order valence-electron chi connectivity index (χ0n) is 16.2. The molecule has 0 atom stereocenters. The molecule has 0 radical (unpaired) electrons. The van der Waals surface area contributed by atoms with Gasteiger partial charge in [-0.25, -0.2) is 4.79 Å². The van der Waals surface area contributed by atoms with Crippen LogP contribution in [-0.2, 0) is 17.7 Å². The molecule has 0 fully saturated rings. The smallest absolute Gasteiger partial charge is 0.338 e. The third-order valence-corrected chi connectivity index (χ3v) is 5.16. The predicted octanol–water partition coefficient (Wildman–Crippen LogP) is 3.77. The molecule has 1 N–H and O–H groups in total. The van der Waals surface area contributed by atoms with Gasteiger partial charge in [-0.1, -0.05) is 25.5 Å². The molecule has 1 aliphatic rings. The molecule has 2 aromatic carbocycles. The summed E-state index contributed by atoms with van der Waals surface area (Å²) in [5.41, 5.74) is 2.82. The molecule has 148 valence electrons. The van der Waals surface area contributed by atoms with Crippen molar-refractivity contribution in [1.29, 1.82) is 0 Å². The summed E-state index contributed by atoms with van der Waals surface area (Å²) in [5, 5.41) is 3.31. The number of carbonyl (C=O) groups is 2. The Kier molecular flexibility index (Phi) is 5.16. The second kappa shape index (κ2) is 7.91. The monoisotopic (exact) mass is 390 g/mol. The van der Waals surface area contributed by atoms with Crippen LogP contribution < -0.4 is 10.7 Å². The van der Waals surface area contributed by atoms with E-state index >= 15 is 0 Å². The van der Waals surface area contributed by atoms with Gasteiger partial charge in [-0.2, -0.15) is 0 Å². The van der Waals surface area contributed by atoms with Gasteiger partial charge in [0.05, 0.1) is 17.7 Å². The molecular weight excluding hydrogens is 368 g/mol. The number of ether oxygens (including phenoxy) is 1. The average molecular weight is 390 g/mol. The number of unbranched alkanes of at least 4 members (excludes halogenated alkanes) is 1. The van der Waals surface area contributed by atoms with Crippen LogP contribution in [-0.4, -0.2) is 23.1 Å². The second-order valence-electron chi connectivity index (χ2n) is 7.15. The van der Waals surface area contributed by atoms with Crippen LogP contribution in [0.3, 0.4) is 0 Å². The van der Waals surface area contributed by atoms with E-state index in [-0.39, 0.29) is 17.0 Å². The van der Waals surface area contributed by atoms with E-state index in [1.807, 2.05) is 23.6 Å². The highest BCUT2D eigenvalue weighted by atomic mass is 16.5.